The first-order valence-electron chi connectivity index (χ1n) is 11.9. The summed E-state index contributed by atoms with van der Waals surface area (Å²) in [6, 6.07) is 15.6. The minimum Gasteiger partial charge on any atom is -0.494 e. The van der Waals surface area contributed by atoms with E-state index in [9.17, 15) is 4.79 Å². The van der Waals surface area contributed by atoms with E-state index < -0.39 is 5.97 Å². The van der Waals surface area contributed by atoms with Crippen molar-refractivity contribution < 1.29 is 14.6 Å². The number of carbonyl (C=O) groups is 1. The van der Waals surface area contributed by atoms with Gasteiger partial charge in [0.05, 0.1) is 12.2 Å². The van der Waals surface area contributed by atoms with Gasteiger partial charge >= 0.3 is 5.97 Å². The number of hydrogen-bond acceptors (Lipinski definition) is 3. The van der Waals surface area contributed by atoms with E-state index in [4.69, 9.17) is 9.84 Å². The molecule has 1 aliphatic heterocycles. The molecule has 2 aromatic carbocycles. The van der Waals surface area contributed by atoms with Crippen molar-refractivity contribution in [2.45, 2.75) is 44.6 Å². The number of benzene rings is 2. The Morgan fingerprint density at radius 2 is 1.84 bits per heavy atom. The lowest BCUT2D eigenvalue weighted by atomic mass is 9.89. The normalized spacial score (nSPS) is 17.6. The van der Waals surface area contributed by atoms with Crippen LogP contribution in [0.5, 0.6) is 5.75 Å². The van der Waals surface area contributed by atoms with Crippen LogP contribution in [0.15, 0.2) is 54.7 Å². The van der Waals surface area contributed by atoms with E-state index in [-0.39, 0.29) is 5.56 Å². The van der Waals surface area contributed by atoms with E-state index in [1.54, 1.807) is 23.8 Å². The van der Waals surface area contributed by atoms with Crippen LogP contribution in [0.2, 0.25) is 0 Å². The van der Waals surface area contributed by atoms with Crippen LogP contribution in [0.1, 0.15) is 53.9 Å². The van der Waals surface area contributed by atoms with Crippen molar-refractivity contribution in [3.63, 3.8) is 0 Å². The molecule has 5 nitrogen and oxygen atoms in total. The number of hydrogen-bond donors (Lipinski definition) is 1. The number of rotatable bonds is 9. The lowest BCUT2D eigenvalue weighted by Crippen LogP contribution is -2.34. The lowest BCUT2D eigenvalue weighted by Gasteiger charge is -2.32. The van der Waals surface area contributed by atoms with Gasteiger partial charge in [-0.3, -0.25) is 0 Å². The maximum absolute atomic E-state index is 11.1. The Morgan fingerprint density at radius 3 is 2.62 bits per heavy atom. The van der Waals surface area contributed by atoms with Gasteiger partial charge < -0.3 is 19.3 Å². The highest BCUT2D eigenvalue weighted by molar-refractivity contribution is 5.88. The predicted octanol–water partition coefficient (Wildman–Crippen LogP) is 5.40. The fourth-order valence-electron chi connectivity index (χ4n) is 4.99. The molecule has 0 atom stereocenters. The number of nitrogens with zero attached hydrogens (tertiary/aromatic N) is 2. The van der Waals surface area contributed by atoms with Crippen LogP contribution in [0, 0.1) is 5.92 Å². The quantitative estimate of drug-likeness (QED) is 0.460. The zero-order valence-electron chi connectivity index (χ0n) is 18.6. The van der Waals surface area contributed by atoms with Gasteiger partial charge in [0, 0.05) is 30.2 Å². The van der Waals surface area contributed by atoms with Gasteiger partial charge in [-0.25, -0.2) is 4.79 Å². The first-order chi connectivity index (χ1) is 15.7. The predicted molar refractivity (Wildman–Crippen MR) is 127 cm³/mol. The standard InChI is InChI=1S/C27H32N2O3/c30-27(31)22-5-3-6-23(17-22)32-16-4-13-28-14-11-21(12-15-28)25-19-29(18-20-9-10-20)26-8-2-1-7-24(25)26/h1-3,5-8,17,19-21H,4,9-16,18H2,(H,30,31). The molecule has 2 fully saturated rings. The molecule has 5 rings (SSSR count). The third-order valence-corrected chi connectivity index (χ3v) is 6.97. The summed E-state index contributed by atoms with van der Waals surface area (Å²) in [5, 5.41) is 10.5. The largest absolute Gasteiger partial charge is 0.494 e. The van der Waals surface area contributed by atoms with E-state index >= 15 is 0 Å². The van der Waals surface area contributed by atoms with Gasteiger partial charge in [0.25, 0.3) is 0 Å². The van der Waals surface area contributed by atoms with Crippen LogP contribution in [0.4, 0.5) is 0 Å². The van der Waals surface area contributed by atoms with Gasteiger partial charge in [-0.1, -0.05) is 24.3 Å². The summed E-state index contributed by atoms with van der Waals surface area (Å²) in [7, 11) is 0. The summed E-state index contributed by atoms with van der Waals surface area (Å²) in [6.07, 6.45) is 8.58. The molecule has 32 heavy (non-hydrogen) atoms. The lowest BCUT2D eigenvalue weighted by molar-refractivity contribution is 0.0696. The molecule has 0 amide bonds. The van der Waals surface area contributed by atoms with E-state index in [0.29, 0.717) is 18.3 Å². The first kappa shape index (κ1) is 21.1. The second-order valence-corrected chi connectivity index (χ2v) is 9.35. The summed E-state index contributed by atoms with van der Waals surface area (Å²) in [6.45, 7) is 5.06. The maximum Gasteiger partial charge on any atom is 0.335 e. The molecule has 0 bridgehead atoms. The SMILES string of the molecule is O=C(O)c1cccc(OCCCN2CCC(c3cn(CC4CC4)c4ccccc34)CC2)c1. The molecular formula is C27H32N2O3. The molecule has 0 unspecified atom stereocenters. The average molecular weight is 433 g/mol. The highest BCUT2D eigenvalue weighted by atomic mass is 16.5. The van der Waals surface area contributed by atoms with Gasteiger partial charge in [0.2, 0.25) is 0 Å². The van der Waals surface area contributed by atoms with Crippen LogP contribution in [0.3, 0.4) is 0 Å². The summed E-state index contributed by atoms with van der Waals surface area (Å²) in [4.78, 5) is 13.6. The molecule has 5 heteroatoms. The maximum atomic E-state index is 11.1. The van der Waals surface area contributed by atoms with Crippen LogP contribution in [-0.2, 0) is 6.54 Å². The number of para-hydroxylation sites is 1. The third kappa shape index (κ3) is 4.83. The Labute approximate surface area is 189 Å². The Hall–Kier alpha value is -2.79. The Kier molecular flexibility index (Phi) is 6.17. The molecule has 3 aromatic rings. The zero-order chi connectivity index (χ0) is 21.9. The first-order valence-corrected chi connectivity index (χ1v) is 11.9. The van der Waals surface area contributed by atoms with Gasteiger partial charge in [-0.15, -0.1) is 0 Å². The van der Waals surface area contributed by atoms with E-state index in [2.05, 4.69) is 39.9 Å². The number of aromatic carboxylic acids is 1. The molecule has 1 aliphatic carbocycles. The van der Waals surface area contributed by atoms with E-state index in [1.165, 1.54) is 43.1 Å². The molecule has 0 radical (unpaired) electrons. The number of fused-ring (bicyclic) bond motifs is 1. The smallest absolute Gasteiger partial charge is 0.335 e. The van der Waals surface area contributed by atoms with Gasteiger partial charge in [-0.2, -0.15) is 0 Å². The average Bonchev–Trinajstić information content (AvgIpc) is 3.57. The minimum atomic E-state index is -0.922. The number of ether oxygens (including phenoxy) is 1. The number of carboxylic acid groups (broad SMARTS) is 1. The molecule has 1 aromatic heterocycles. The van der Waals surface area contributed by atoms with Crippen molar-refractivity contribution in [3.05, 3.63) is 65.9 Å². The third-order valence-electron chi connectivity index (χ3n) is 6.97. The zero-order valence-corrected chi connectivity index (χ0v) is 18.6. The van der Waals surface area contributed by atoms with Gasteiger partial charge in [0.1, 0.15) is 5.75 Å². The number of likely N-dealkylation sites (tertiary alicyclic amines) is 1. The van der Waals surface area contributed by atoms with Crippen LogP contribution >= 0.6 is 0 Å². The summed E-state index contributed by atoms with van der Waals surface area (Å²) in [5.41, 5.74) is 3.21. The highest BCUT2D eigenvalue weighted by Crippen LogP contribution is 2.37. The molecule has 1 saturated heterocycles. The Balaban J connectivity index is 1.12. The summed E-state index contributed by atoms with van der Waals surface area (Å²) in [5.74, 6) is 1.24. The van der Waals surface area contributed by atoms with Gasteiger partial charge in [0.15, 0.2) is 0 Å². The van der Waals surface area contributed by atoms with E-state index in [0.717, 1.165) is 32.0 Å². The number of carboxylic acids is 1. The molecule has 1 saturated carbocycles. The fraction of sp³-hybridized carbons (Fsp3) is 0.444. The Morgan fingerprint density at radius 1 is 1.03 bits per heavy atom. The van der Waals surface area contributed by atoms with Crippen molar-refractivity contribution in [3.8, 4) is 5.75 Å². The van der Waals surface area contributed by atoms with Crippen molar-refractivity contribution in [2.24, 2.45) is 5.92 Å². The van der Waals surface area contributed by atoms with Crippen LogP contribution in [0.25, 0.3) is 10.9 Å². The minimum absolute atomic E-state index is 0.267. The van der Waals surface area contributed by atoms with Crippen molar-refractivity contribution in [1.29, 1.82) is 0 Å². The number of piperidine rings is 1. The molecule has 1 N–H and O–H groups in total. The van der Waals surface area contributed by atoms with Crippen LogP contribution in [-0.4, -0.2) is 46.8 Å². The molecule has 2 aliphatic rings. The molecule has 168 valence electrons. The Bertz CT molecular complexity index is 1080. The summed E-state index contributed by atoms with van der Waals surface area (Å²) >= 11 is 0. The second-order valence-electron chi connectivity index (χ2n) is 9.35. The molecule has 2 heterocycles. The van der Waals surface area contributed by atoms with Crippen LogP contribution < -0.4 is 4.74 Å². The second kappa shape index (κ2) is 9.37. The van der Waals surface area contributed by atoms with E-state index in [1.807, 2.05) is 6.07 Å². The highest BCUT2D eigenvalue weighted by Gasteiger charge is 2.26. The van der Waals surface area contributed by atoms with Crippen molar-refractivity contribution >= 4 is 16.9 Å². The molecular weight excluding hydrogens is 400 g/mol. The summed E-state index contributed by atoms with van der Waals surface area (Å²) < 4.78 is 8.28. The van der Waals surface area contributed by atoms with Crippen molar-refractivity contribution in [2.75, 3.05) is 26.2 Å². The monoisotopic (exact) mass is 432 g/mol. The number of aromatic nitrogens is 1. The fourth-order valence-corrected chi connectivity index (χ4v) is 4.99. The van der Waals surface area contributed by atoms with Gasteiger partial charge in [-0.05, 0) is 86.9 Å². The topological polar surface area (TPSA) is 54.7 Å². The molecule has 0 spiro atoms. The van der Waals surface area contributed by atoms with Crippen molar-refractivity contribution in [1.82, 2.24) is 9.47 Å².